The zero-order chi connectivity index (χ0) is 19.7. The van der Waals surface area contributed by atoms with Crippen molar-refractivity contribution in [1.29, 1.82) is 0 Å². The van der Waals surface area contributed by atoms with Crippen molar-refractivity contribution < 1.29 is 18.0 Å². The maximum Gasteiger partial charge on any atom is 0.449 e. The molecule has 2 heterocycles. The monoisotopic (exact) mass is 394 g/mol. The number of amides is 2. The summed E-state index contributed by atoms with van der Waals surface area (Å²) in [6.45, 7) is 1.43. The molecule has 1 aromatic heterocycles. The van der Waals surface area contributed by atoms with Crippen LogP contribution >= 0.6 is 0 Å². The minimum absolute atomic E-state index is 0.0330. The number of urea groups is 1. The Kier molecular flexibility index (Phi) is 5.21. The first kappa shape index (κ1) is 19.1. The molecule has 2 amide bonds. The van der Waals surface area contributed by atoms with Crippen molar-refractivity contribution >= 4 is 17.1 Å². The summed E-state index contributed by atoms with van der Waals surface area (Å²) in [4.78, 5) is 18.0. The summed E-state index contributed by atoms with van der Waals surface area (Å²) in [5.41, 5.74) is 0.874. The van der Waals surface area contributed by atoms with Gasteiger partial charge in [-0.1, -0.05) is 25.0 Å². The topological polar surface area (TPSA) is 50.2 Å². The molecular weight excluding hydrogens is 369 g/mol. The summed E-state index contributed by atoms with van der Waals surface area (Å²) in [7, 11) is 0. The quantitative estimate of drug-likeness (QED) is 0.838. The molecule has 28 heavy (non-hydrogen) atoms. The number of hydrogen-bond donors (Lipinski definition) is 1. The highest BCUT2D eigenvalue weighted by Crippen LogP contribution is 2.33. The van der Waals surface area contributed by atoms with Gasteiger partial charge in [0.1, 0.15) is 0 Å². The summed E-state index contributed by atoms with van der Waals surface area (Å²) in [6.07, 6.45) is 1.30. The Morgan fingerprint density at radius 2 is 1.79 bits per heavy atom. The average molecular weight is 394 g/mol. The third-order valence-electron chi connectivity index (χ3n) is 5.93. The lowest BCUT2D eigenvalue weighted by atomic mass is 9.96. The number of piperidine rings is 1. The molecule has 1 saturated carbocycles. The van der Waals surface area contributed by atoms with Gasteiger partial charge in [0.2, 0.25) is 5.82 Å². The number of fused-ring (bicyclic) bond motifs is 1. The molecule has 0 bridgehead atoms. The number of para-hydroxylation sites is 2. The van der Waals surface area contributed by atoms with Crippen LogP contribution in [0.4, 0.5) is 18.0 Å². The Labute approximate surface area is 161 Å². The maximum atomic E-state index is 13.5. The molecule has 1 aromatic carbocycles. The number of imidazole rings is 1. The minimum atomic E-state index is -4.49. The van der Waals surface area contributed by atoms with Gasteiger partial charge in [0.15, 0.2) is 0 Å². The molecule has 2 aliphatic rings. The van der Waals surface area contributed by atoms with E-state index in [1.807, 2.05) is 0 Å². The highest BCUT2D eigenvalue weighted by atomic mass is 19.4. The van der Waals surface area contributed by atoms with Crippen molar-refractivity contribution in [3.8, 4) is 0 Å². The van der Waals surface area contributed by atoms with E-state index in [2.05, 4.69) is 10.3 Å². The molecule has 0 radical (unpaired) electrons. The molecule has 8 heteroatoms. The predicted octanol–water partition coefficient (Wildman–Crippen LogP) is 4.42. The Hall–Kier alpha value is -2.25. The number of halogens is 3. The van der Waals surface area contributed by atoms with Gasteiger partial charge in [-0.25, -0.2) is 9.78 Å². The normalized spacial score (nSPS) is 19.5. The van der Waals surface area contributed by atoms with Gasteiger partial charge in [0.25, 0.3) is 0 Å². The lowest BCUT2D eigenvalue weighted by Gasteiger charge is -2.33. The number of nitrogens with one attached hydrogen (secondary N) is 1. The summed E-state index contributed by atoms with van der Waals surface area (Å²) >= 11 is 0. The minimum Gasteiger partial charge on any atom is -0.335 e. The molecule has 152 valence electrons. The summed E-state index contributed by atoms with van der Waals surface area (Å²) < 4.78 is 41.7. The highest BCUT2D eigenvalue weighted by Gasteiger charge is 2.38. The molecule has 1 aliphatic carbocycles. The summed E-state index contributed by atoms with van der Waals surface area (Å²) in [5, 5.41) is 3.09. The first-order chi connectivity index (χ1) is 13.4. The van der Waals surface area contributed by atoms with E-state index >= 15 is 0 Å². The van der Waals surface area contributed by atoms with Crippen LogP contribution in [0.1, 0.15) is 44.3 Å². The Bertz CT molecular complexity index is 834. The van der Waals surface area contributed by atoms with Crippen LogP contribution in [0.15, 0.2) is 24.3 Å². The van der Waals surface area contributed by atoms with E-state index in [1.54, 1.807) is 29.2 Å². The van der Waals surface area contributed by atoms with Crippen LogP contribution in [-0.2, 0) is 12.7 Å². The van der Waals surface area contributed by atoms with Crippen LogP contribution in [0.2, 0.25) is 0 Å². The van der Waals surface area contributed by atoms with Gasteiger partial charge in [-0.15, -0.1) is 0 Å². The van der Waals surface area contributed by atoms with Gasteiger partial charge in [-0.05, 0) is 43.7 Å². The number of carbonyl (C=O) groups excluding carboxylic acids is 1. The maximum absolute atomic E-state index is 13.5. The van der Waals surface area contributed by atoms with Gasteiger partial charge < -0.3 is 14.8 Å². The third-order valence-corrected chi connectivity index (χ3v) is 5.93. The number of nitrogens with zero attached hydrogens (tertiary/aromatic N) is 3. The third kappa shape index (κ3) is 3.95. The average Bonchev–Trinajstić information content (AvgIpc) is 3.30. The number of benzene rings is 1. The molecule has 0 unspecified atom stereocenters. The van der Waals surface area contributed by atoms with Gasteiger partial charge in [0, 0.05) is 25.7 Å². The first-order valence-corrected chi connectivity index (χ1v) is 10.00. The number of carbonyl (C=O) groups is 1. The predicted molar refractivity (Wildman–Crippen MR) is 99.8 cm³/mol. The molecule has 1 saturated heterocycles. The van der Waals surface area contributed by atoms with Gasteiger partial charge in [-0.3, -0.25) is 0 Å². The van der Waals surface area contributed by atoms with E-state index in [9.17, 15) is 18.0 Å². The van der Waals surface area contributed by atoms with E-state index < -0.39 is 12.0 Å². The smallest absolute Gasteiger partial charge is 0.335 e. The van der Waals surface area contributed by atoms with Crippen molar-refractivity contribution in [2.45, 2.75) is 57.3 Å². The van der Waals surface area contributed by atoms with Crippen LogP contribution in [0.5, 0.6) is 0 Å². The van der Waals surface area contributed by atoms with Crippen LogP contribution in [-0.4, -0.2) is 39.6 Å². The van der Waals surface area contributed by atoms with Gasteiger partial charge in [-0.2, -0.15) is 13.2 Å². The number of likely N-dealkylation sites (tertiary alicyclic amines) is 1. The molecule has 4 rings (SSSR count). The van der Waals surface area contributed by atoms with Crippen LogP contribution < -0.4 is 5.32 Å². The van der Waals surface area contributed by atoms with Crippen molar-refractivity contribution in [2.75, 3.05) is 13.1 Å². The summed E-state index contributed by atoms with van der Waals surface area (Å²) in [6, 6.07) is 6.96. The standard InChI is InChI=1S/C20H25F3N4O/c21-20(22,23)18-25-16-7-3-4-8-17(16)27(18)13-14-9-11-26(12-10-14)19(28)24-15-5-1-2-6-15/h3-4,7-8,14-15H,1-2,5-6,9-13H2,(H,24,28). The first-order valence-electron chi connectivity index (χ1n) is 10.00. The second kappa shape index (κ2) is 7.64. The largest absolute Gasteiger partial charge is 0.449 e. The fourth-order valence-electron chi connectivity index (χ4n) is 4.39. The molecule has 1 N–H and O–H groups in total. The lowest BCUT2D eigenvalue weighted by Crippen LogP contribution is -2.47. The molecule has 0 atom stereocenters. The molecule has 1 aliphatic heterocycles. The zero-order valence-corrected chi connectivity index (χ0v) is 15.7. The number of alkyl halides is 3. The van der Waals surface area contributed by atoms with Crippen molar-refractivity contribution in [3.63, 3.8) is 0 Å². The molecule has 2 fully saturated rings. The molecule has 2 aromatic rings. The second-order valence-electron chi connectivity index (χ2n) is 7.89. The Balaban J connectivity index is 1.41. The Morgan fingerprint density at radius 3 is 2.46 bits per heavy atom. The fraction of sp³-hybridized carbons (Fsp3) is 0.600. The molecule has 0 spiro atoms. The van der Waals surface area contributed by atoms with Crippen molar-refractivity contribution in [3.05, 3.63) is 30.1 Å². The van der Waals surface area contributed by atoms with Crippen LogP contribution in [0.25, 0.3) is 11.0 Å². The SMILES string of the molecule is O=C(NC1CCCC1)N1CCC(Cn2c(C(F)(F)F)nc3ccccc32)CC1. The van der Waals surface area contributed by atoms with E-state index in [-0.39, 0.29) is 24.5 Å². The van der Waals surface area contributed by atoms with Crippen LogP contribution in [0, 0.1) is 5.92 Å². The lowest BCUT2D eigenvalue weighted by molar-refractivity contribution is -0.147. The Morgan fingerprint density at radius 1 is 1.11 bits per heavy atom. The fourth-order valence-corrected chi connectivity index (χ4v) is 4.39. The van der Waals surface area contributed by atoms with Crippen LogP contribution in [0.3, 0.4) is 0 Å². The van der Waals surface area contributed by atoms with E-state index in [0.29, 0.717) is 37.0 Å². The number of rotatable bonds is 3. The number of hydrogen-bond acceptors (Lipinski definition) is 2. The summed E-state index contributed by atoms with van der Waals surface area (Å²) in [5.74, 6) is -0.746. The highest BCUT2D eigenvalue weighted by molar-refractivity contribution is 5.76. The van der Waals surface area contributed by atoms with E-state index in [4.69, 9.17) is 0 Å². The molecular formula is C20H25F3N4O. The van der Waals surface area contributed by atoms with Gasteiger partial charge in [0.05, 0.1) is 11.0 Å². The van der Waals surface area contributed by atoms with Crippen molar-refractivity contribution in [2.24, 2.45) is 5.92 Å². The second-order valence-corrected chi connectivity index (χ2v) is 7.89. The van der Waals surface area contributed by atoms with Gasteiger partial charge >= 0.3 is 12.2 Å². The van der Waals surface area contributed by atoms with E-state index in [0.717, 1.165) is 25.7 Å². The zero-order valence-electron chi connectivity index (χ0n) is 15.7. The van der Waals surface area contributed by atoms with E-state index in [1.165, 1.54) is 4.57 Å². The van der Waals surface area contributed by atoms with Crippen molar-refractivity contribution in [1.82, 2.24) is 19.8 Å². The number of aromatic nitrogens is 2. The molecule has 5 nitrogen and oxygen atoms in total.